The van der Waals surface area contributed by atoms with Crippen molar-refractivity contribution in [2.75, 3.05) is 13.7 Å². The van der Waals surface area contributed by atoms with Gasteiger partial charge in [-0.3, -0.25) is 4.79 Å². The summed E-state index contributed by atoms with van der Waals surface area (Å²) in [5, 5.41) is 2.78. The highest BCUT2D eigenvalue weighted by Crippen LogP contribution is 2.25. The van der Waals surface area contributed by atoms with E-state index in [1.807, 2.05) is 43.3 Å². The van der Waals surface area contributed by atoms with E-state index in [0.29, 0.717) is 13.0 Å². The number of ether oxygens (including phenoxy) is 1. The lowest BCUT2D eigenvalue weighted by molar-refractivity contribution is -0.120. The van der Waals surface area contributed by atoms with Crippen molar-refractivity contribution in [3.63, 3.8) is 0 Å². The molecule has 0 fully saturated rings. The molecule has 5 heteroatoms. The third-order valence-electron chi connectivity index (χ3n) is 2.99. The Kier molecular flexibility index (Phi) is 5.75. The standard InChI is InChI=1S/C16H19NO3S/c1-12(21-15-7-5-13(19-2)6-8-15)16(18)17-10-9-14-4-3-11-20-14/h3-8,11-12H,9-10H2,1-2H3,(H,17,18)/t12-/m1/s1. The number of hydrogen-bond donors (Lipinski definition) is 1. The van der Waals surface area contributed by atoms with Crippen LogP contribution in [0.15, 0.2) is 52.0 Å². The lowest BCUT2D eigenvalue weighted by atomic mass is 10.3. The lowest BCUT2D eigenvalue weighted by Crippen LogP contribution is -2.32. The molecule has 0 spiro atoms. The third-order valence-corrected chi connectivity index (χ3v) is 4.10. The van der Waals surface area contributed by atoms with E-state index < -0.39 is 0 Å². The first-order valence-corrected chi connectivity index (χ1v) is 7.68. The Morgan fingerprint density at radius 3 is 2.71 bits per heavy atom. The number of rotatable bonds is 7. The zero-order valence-corrected chi connectivity index (χ0v) is 13.0. The van der Waals surface area contributed by atoms with Crippen LogP contribution < -0.4 is 10.1 Å². The number of carbonyl (C=O) groups is 1. The van der Waals surface area contributed by atoms with Crippen LogP contribution in [-0.2, 0) is 11.2 Å². The summed E-state index contributed by atoms with van der Waals surface area (Å²) in [6, 6.07) is 11.4. The SMILES string of the molecule is COc1ccc(S[C@H](C)C(=O)NCCc2ccco2)cc1. The Labute approximate surface area is 128 Å². The van der Waals surface area contributed by atoms with E-state index in [9.17, 15) is 4.79 Å². The third kappa shape index (κ3) is 4.86. The van der Waals surface area contributed by atoms with Crippen LogP contribution in [0.1, 0.15) is 12.7 Å². The molecule has 0 radical (unpaired) electrons. The largest absolute Gasteiger partial charge is 0.497 e. The van der Waals surface area contributed by atoms with Gasteiger partial charge in [-0.25, -0.2) is 0 Å². The zero-order chi connectivity index (χ0) is 15.1. The fourth-order valence-electron chi connectivity index (χ4n) is 1.82. The molecule has 1 heterocycles. The second kappa shape index (κ2) is 7.78. The fourth-order valence-corrected chi connectivity index (χ4v) is 2.71. The van der Waals surface area contributed by atoms with Gasteiger partial charge in [0.2, 0.25) is 5.91 Å². The molecule has 0 saturated heterocycles. The average molecular weight is 305 g/mol. The van der Waals surface area contributed by atoms with Gasteiger partial charge in [-0.05, 0) is 43.3 Å². The van der Waals surface area contributed by atoms with Gasteiger partial charge in [0.05, 0.1) is 18.6 Å². The van der Waals surface area contributed by atoms with Gasteiger partial charge in [0.25, 0.3) is 0 Å². The van der Waals surface area contributed by atoms with Crippen molar-refractivity contribution in [1.82, 2.24) is 5.32 Å². The highest BCUT2D eigenvalue weighted by atomic mass is 32.2. The average Bonchev–Trinajstić information content (AvgIpc) is 3.01. The van der Waals surface area contributed by atoms with Gasteiger partial charge in [-0.1, -0.05) is 0 Å². The highest BCUT2D eigenvalue weighted by molar-refractivity contribution is 8.00. The molecule has 1 aromatic carbocycles. The zero-order valence-electron chi connectivity index (χ0n) is 12.2. The van der Waals surface area contributed by atoms with E-state index in [1.165, 1.54) is 11.8 Å². The predicted octanol–water partition coefficient (Wildman–Crippen LogP) is 3.13. The lowest BCUT2D eigenvalue weighted by Gasteiger charge is -2.12. The molecule has 1 atom stereocenters. The van der Waals surface area contributed by atoms with Crippen LogP contribution in [0.5, 0.6) is 5.75 Å². The number of carbonyl (C=O) groups excluding carboxylic acids is 1. The van der Waals surface area contributed by atoms with Crippen LogP contribution in [0.3, 0.4) is 0 Å². The Bertz CT molecular complexity index is 551. The Hall–Kier alpha value is -1.88. The molecule has 1 amide bonds. The second-order valence-electron chi connectivity index (χ2n) is 4.56. The number of nitrogens with one attached hydrogen (secondary N) is 1. The molecule has 0 bridgehead atoms. The number of methoxy groups -OCH3 is 1. The molecule has 0 aliphatic heterocycles. The first-order chi connectivity index (χ1) is 10.2. The fraction of sp³-hybridized carbons (Fsp3) is 0.312. The summed E-state index contributed by atoms with van der Waals surface area (Å²) in [4.78, 5) is 13.1. The van der Waals surface area contributed by atoms with E-state index in [2.05, 4.69) is 5.32 Å². The maximum absolute atomic E-state index is 12.0. The number of benzene rings is 1. The first-order valence-electron chi connectivity index (χ1n) is 6.80. The van der Waals surface area contributed by atoms with E-state index in [4.69, 9.17) is 9.15 Å². The minimum Gasteiger partial charge on any atom is -0.497 e. The molecule has 21 heavy (non-hydrogen) atoms. The molecule has 0 unspecified atom stereocenters. The number of amides is 1. The number of thioether (sulfide) groups is 1. The molecule has 0 aliphatic rings. The molecule has 0 aliphatic carbocycles. The monoisotopic (exact) mass is 305 g/mol. The second-order valence-corrected chi connectivity index (χ2v) is 5.97. The minimum atomic E-state index is -0.144. The quantitative estimate of drug-likeness (QED) is 0.799. The van der Waals surface area contributed by atoms with Gasteiger partial charge in [-0.15, -0.1) is 11.8 Å². The van der Waals surface area contributed by atoms with Gasteiger partial charge < -0.3 is 14.5 Å². The minimum absolute atomic E-state index is 0.0300. The predicted molar refractivity (Wildman–Crippen MR) is 83.7 cm³/mol. The highest BCUT2D eigenvalue weighted by Gasteiger charge is 2.14. The molecule has 2 rings (SSSR count). The first kappa shape index (κ1) is 15.5. The van der Waals surface area contributed by atoms with Crippen molar-refractivity contribution in [2.24, 2.45) is 0 Å². The van der Waals surface area contributed by atoms with Gasteiger partial charge >= 0.3 is 0 Å². The normalized spacial score (nSPS) is 11.9. The summed E-state index contributed by atoms with van der Waals surface area (Å²) < 4.78 is 10.3. The van der Waals surface area contributed by atoms with Crippen LogP contribution in [0, 0.1) is 0 Å². The summed E-state index contributed by atoms with van der Waals surface area (Å²) in [5.74, 6) is 1.73. The summed E-state index contributed by atoms with van der Waals surface area (Å²) in [6.45, 7) is 2.48. The van der Waals surface area contributed by atoms with Crippen LogP contribution in [0.4, 0.5) is 0 Å². The maximum Gasteiger partial charge on any atom is 0.233 e. The molecule has 4 nitrogen and oxygen atoms in total. The summed E-state index contributed by atoms with van der Waals surface area (Å²) in [5.41, 5.74) is 0. The smallest absolute Gasteiger partial charge is 0.233 e. The molecular weight excluding hydrogens is 286 g/mol. The van der Waals surface area contributed by atoms with Gasteiger partial charge in [0.1, 0.15) is 11.5 Å². The van der Waals surface area contributed by atoms with Crippen LogP contribution in [0.25, 0.3) is 0 Å². The molecule has 2 aromatic rings. The molecule has 0 saturated carbocycles. The van der Waals surface area contributed by atoms with Crippen molar-refractivity contribution in [2.45, 2.75) is 23.5 Å². The van der Waals surface area contributed by atoms with Crippen molar-refractivity contribution >= 4 is 17.7 Å². The Morgan fingerprint density at radius 2 is 2.10 bits per heavy atom. The van der Waals surface area contributed by atoms with Crippen LogP contribution in [0.2, 0.25) is 0 Å². The number of furan rings is 1. The van der Waals surface area contributed by atoms with Crippen molar-refractivity contribution in [1.29, 1.82) is 0 Å². The van der Waals surface area contributed by atoms with E-state index in [0.717, 1.165) is 16.4 Å². The van der Waals surface area contributed by atoms with Crippen molar-refractivity contribution in [3.8, 4) is 5.75 Å². The molecule has 112 valence electrons. The Balaban J connectivity index is 1.76. The summed E-state index contributed by atoms with van der Waals surface area (Å²) >= 11 is 1.53. The van der Waals surface area contributed by atoms with Gasteiger partial charge in [-0.2, -0.15) is 0 Å². The van der Waals surface area contributed by atoms with Crippen molar-refractivity contribution < 1.29 is 13.9 Å². The van der Waals surface area contributed by atoms with Gasteiger partial charge in [0, 0.05) is 17.9 Å². The summed E-state index contributed by atoms with van der Waals surface area (Å²) in [7, 11) is 1.64. The van der Waals surface area contributed by atoms with Crippen LogP contribution >= 0.6 is 11.8 Å². The van der Waals surface area contributed by atoms with Gasteiger partial charge in [0.15, 0.2) is 0 Å². The Morgan fingerprint density at radius 1 is 1.33 bits per heavy atom. The van der Waals surface area contributed by atoms with Crippen LogP contribution in [-0.4, -0.2) is 24.8 Å². The van der Waals surface area contributed by atoms with E-state index >= 15 is 0 Å². The van der Waals surface area contributed by atoms with Crippen molar-refractivity contribution in [3.05, 3.63) is 48.4 Å². The van der Waals surface area contributed by atoms with E-state index in [1.54, 1.807) is 13.4 Å². The maximum atomic E-state index is 12.0. The molecular formula is C16H19NO3S. The summed E-state index contributed by atoms with van der Waals surface area (Å²) in [6.07, 6.45) is 2.35. The topological polar surface area (TPSA) is 51.5 Å². The van der Waals surface area contributed by atoms with E-state index in [-0.39, 0.29) is 11.2 Å². The molecule has 1 aromatic heterocycles. The number of hydrogen-bond acceptors (Lipinski definition) is 4. The molecule has 1 N–H and O–H groups in total.